The van der Waals surface area contributed by atoms with Crippen molar-refractivity contribution in [2.45, 2.75) is 6.61 Å². The average molecular weight is 373 g/mol. The molecule has 1 amide bonds. The zero-order valence-corrected chi connectivity index (χ0v) is 14.2. The van der Waals surface area contributed by atoms with Crippen LogP contribution in [0.15, 0.2) is 71.7 Å². The van der Waals surface area contributed by atoms with E-state index in [1.807, 2.05) is 6.07 Å². The van der Waals surface area contributed by atoms with Crippen LogP contribution < -0.4 is 15.7 Å². The van der Waals surface area contributed by atoms with Crippen LogP contribution in [0, 0.1) is 5.82 Å². The van der Waals surface area contributed by atoms with E-state index < -0.39 is 17.3 Å². The number of pyridine rings is 1. The fourth-order valence-corrected chi connectivity index (χ4v) is 2.46. The minimum absolute atomic E-state index is 0.0945. The van der Waals surface area contributed by atoms with Crippen LogP contribution in [0.1, 0.15) is 15.9 Å². The van der Waals surface area contributed by atoms with Gasteiger partial charge in [0.2, 0.25) is 0 Å². The highest BCUT2D eigenvalue weighted by molar-refractivity contribution is 6.30. The van der Waals surface area contributed by atoms with Gasteiger partial charge in [-0.15, -0.1) is 0 Å². The van der Waals surface area contributed by atoms with Crippen LogP contribution in [-0.4, -0.2) is 10.6 Å². The van der Waals surface area contributed by atoms with Crippen LogP contribution >= 0.6 is 11.6 Å². The summed E-state index contributed by atoms with van der Waals surface area (Å²) in [7, 11) is 0. The number of carbonyl (C=O) groups excluding carboxylic acids is 1. The van der Waals surface area contributed by atoms with E-state index in [4.69, 9.17) is 16.4 Å². The van der Waals surface area contributed by atoms with Crippen LogP contribution in [0.5, 0.6) is 0 Å². The van der Waals surface area contributed by atoms with Crippen molar-refractivity contribution in [2.24, 2.45) is 0 Å². The van der Waals surface area contributed by atoms with Gasteiger partial charge in [0.1, 0.15) is 18.0 Å². The minimum atomic E-state index is -0.609. The Balaban J connectivity index is 1.75. The molecule has 7 heteroatoms. The summed E-state index contributed by atoms with van der Waals surface area (Å²) in [5.74, 6) is -1.03. The summed E-state index contributed by atoms with van der Waals surface area (Å²) >= 11 is 5.91. The lowest BCUT2D eigenvalue weighted by atomic mass is 10.2. The quantitative estimate of drug-likeness (QED) is 0.745. The lowest BCUT2D eigenvalue weighted by Gasteiger charge is -2.10. The van der Waals surface area contributed by atoms with Crippen LogP contribution in [0.25, 0.3) is 0 Å². The molecule has 5 nitrogen and oxygen atoms in total. The number of halogens is 2. The largest absolute Gasteiger partial charge is 0.406 e. The molecule has 0 fully saturated rings. The van der Waals surface area contributed by atoms with Crippen molar-refractivity contribution in [2.75, 3.05) is 5.32 Å². The number of benzene rings is 2. The number of nitrogens with zero attached hydrogens (tertiary/aromatic N) is 1. The van der Waals surface area contributed by atoms with Gasteiger partial charge in [0.05, 0.1) is 0 Å². The summed E-state index contributed by atoms with van der Waals surface area (Å²) in [6, 6.07) is 15.2. The maximum Gasteiger partial charge on any atom is 0.295 e. The number of amides is 1. The number of anilines is 1. The van der Waals surface area contributed by atoms with Gasteiger partial charge in [0.25, 0.3) is 11.5 Å². The molecule has 0 radical (unpaired) electrons. The summed E-state index contributed by atoms with van der Waals surface area (Å²) in [5, 5.41) is 3.10. The number of hydrogen-bond acceptors (Lipinski definition) is 3. The Morgan fingerprint density at radius 2 is 1.88 bits per heavy atom. The first-order valence-electron chi connectivity index (χ1n) is 7.69. The smallest absolute Gasteiger partial charge is 0.295 e. The van der Waals surface area contributed by atoms with Gasteiger partial charge in [-0.1, -0.05) is 23.7 Å². The fraction of sp³-hybridized carbons (Fsp3) is 0.0526. The van der Waals surface area contributed by atoms with Gasteiger partial charge >= 0.3 is 0 Å². The van der Waals surface area contributed by atoms with Gasteiger partial charge in [-0.25, -0.2) is 4.39 Å². The molecule has 26 heavy (non-hydrogen) atoms. The molecule has 0 aliphatic heterocycles. The number of aromatic nitrogens is 1. The molecule has 3 rings (SSSR count). The summed E-state index contributed by atoms with van der Waals surface area (Å²) in [6.07, 6.45) is 1.42. The SMILES string of the molecule is O=C(Nc1ccc(F)cc1)c1cccn(OCc2cccc(Cl)c2)c1=O. The molecular formula is C19H14ClFN2O3. The topological polar surface area (TPSA) is 60.3 Å². The van der Waals surface area contributed by atoms with Gasteiger partial charge in [-0.05, 0) is 54.1 Å². The number of rotatable bonds is 5. The molecule has 132 valence electrons. The molecule has 1 aromatic heterocycles. The zero-order valence-electron chi connectivity index (χ0n) is 13.5. The van der Waals surface area contributed by atoms with E-state index in [0.717, 1.165) is 10.3 Å². The average Bonchev–Trinajstić information content (AvgIpc) is 2.63. The van der Waals surface area contributed by atoms with E-state index in [2.05, 4.69) is 5.32 Å². The molecule has 0 saturated carbocycles. The molecular weight excluding hydrogens is 359 g/mol. The second kappa shape index (κ2) is 7.84. The molecule has 0 saturated heterocycles. The second-order valence-electron chi connectivity index (χ2n) is 5.42. The van der Waals surface area contributed by atoms with Crippen LogP contribution in [0.3, 0.4) is 0 Å². The third-order valence-electron chi connectivity index (χ3n) is 3.52. The highest BCUT2D eigenvalue weighted by atomic mass is 35.5. The molecule has 0 bridgehead atoms. The Bertz CT molecular complexity index is 987. The number of nitrogens with one attached hydrogen (secondary N) is 1. The van der Waals surface area contributed by atoms with Crippen molar-refractivity contribution in [3.05, 3.63) is 99.2 Å². The fourth-order valence-electron chi connectivity index (χ4n) is 2.25. The predicted molar refractivity (Wildman–Crippen MR) is 96.8 cm³/mol. The van der Waals surface area contributed by atoms with Gasteiger partial charge in [-0.3, -0.25) is 9.59 Å². The van der Waals surface area contributed by atoms with Crippen LogP contribution in [-0.2, 0) is 6.61 Å². The zero-order chi connectivity index (χ0) is 18.5. The molecule has 2 aromatic carbocycles. The van der Waals surface area contributed by atoms with E-state index in [1.54, 1.807) is 18.2 Å². The first kappa shape index (κ1) is 17.7. The van der Waals surface area contributed by atoms with Crippen molar-refractivity contribution < 1.29 is 14.0 Å². The van der Waals surface area contributed by atoms with Gasteiger partial charge < -0.3 is 10.2 Å². The summed E-state index contributed by atoms with van der Waals surface area (Å²) in [4.78, 5) is 30.2. The summed E-state index contributed by atoms with van der Waals surface area (Å²) < 4.78 is 13.9. The van der Waals surface area contributed by atoms with E-state index >= 15 is 0 Å². The highest BCUT2D eigenvalue weighted by Gasteiger charge is 2.13. The first-order chi connectivity index (χ1) is 12.5. The van der Waals surface area contributed by atoms with Crippen molar-refractivity contribution in [1.29, 1.82) is 0 Å². The third-order valence-corrected chi connectivity index (χ3v) is 3.76. The molecule has 0 atom stereocenters. The highest BCUT2D eigenvalue weighted by Crippen LogP contribution is 2.11. The van der Waals surface area contributed by atoms with Gasteiger partial charge in [0.15, 0.2) is 0 Å². The number of hydrogen-bond donors (Lipinski definition) is 1. The van der Waals surface area contributed by atoms with Gasteiger partial charge in [-0.2, -0.15) is 4.73 Å². The maximum atomic E-state index is 12.9. The van der Waals surface area contributed by atoms with Crippen molar-refractivity contribution >= 4 is 23.2 Å². The minimum Gasteiger partial charge on any atom is -0.406 e. The Morgan fingerprint density at radius 1 is 1.12 bits per heavy atom. The van der Waals surface area contributed by atoms with E-state index in [9.17, 15) is 14.0 Å². The molecule has 0 spiro atoms. The maximum absolute atomic E-state index is 12.9. The van der Waals surface area contributed by atoms with E-state index in [0.29, 0.717) is 10.7 Å². The Hall–Kier alpha value is -3.12. The monoisotopic (exact) mass is 372 g/mol. The molecule has 0 unspecified atom stereocenters. The Morgan fingerprint density at radius 3 is 2.62 bits per heavy atom. The molecule has 1 N–H and O–H groups in total. The van der Waals surface area contributed by atoms with Crippen molar-refractivity contribution in [3.63, 3.8) is 0 Å². The Labute approximate surface area is 153 Å². The first-order valence-corrected chi connectivity index (χ1v) is 8.07. The third kappa shape index (κ3) is 4.29. The molecule has 3 aromatic rings. The lowest BCUT2D eigenvalue weighted by Crippen LogP contribution is -2.32. The second-order valence-corrected chi connectivity index (χ2v) is 5.85. The van der Waals surface area contributed by atoms with Crippen LogP contribution in [0.2, 0.25) is 5.02 Å². The summed E-state index contributed by atoms with van der Waals surface area (Å²) in [6.45, 7) is 0.115. The summed E-state index contributed by atoms with van der Waals surface area (Å²) in [5.41, 5.74) is 0.466. The van der Waals surface area contributed by atoms with Crippen LogP contribution in [0.4, 0.5) is 10.1 Å². The van der Waals surface area contributed by atoms with Crippen molar-refractivity contribution in [1.82, 2.24) is 4.73 Å². The molecule has 1 heterocycles. The standard InChI is InChI=1S/C19H14ClFN2O3/c20-14-4-1-3-13(11-14)12-26-23-10-2-5-17(19(23)25)18(24)22-16-8-6-15(21)7-9-16/h1-11H,12H2,(H,22,24). The van der Waals surface area contributed by atoms with E-state index in [1.165, 1.54) is 42.6 Å². The van der Waals surface area contributed by atoms with Crippen molar-refractivity contribution in [3.8, 4) is 0 Å². The lowest BCUT2D eigenvalue weighted by molar-refractivity contribution is 0.0863. The Kier molecular flexibility index (Phi) is 5.34. The normalized spacial score (nSPS) is 10.4. The molecule has 0 aliphatic rings. The molecule has 0 aliphatic carbocycles. The number of carbonyl (C=O) groups is 1. The van der Waals surface area contributed by atoms with E-state index in [-0.39, 0.29) is 12.2 Å². The predicted octanol–water partition coefficient (Wildman–Crippen LogP) is 3.52. The van der Waals surface area contributed by atoms with Gasteiger partial charge in [0, 0.05) is 16.9 Å².